The fraction of sp³-hybridized carbons (Fsp3) is 0.250. The summed E-state index contributed by atoms with van der Waals surface area (Å²) in [5.74, 6) is 0. The maximum Gasteiger partial charge on any atom is 0.132 e. The normalized spacial score (nSPS) is 10.5. The smallest absolute Gasteiger partial charge is 0.132 e. The van der Waals surface area contributed by atoms with Crippen LogP contribution in [-0.4, -0.2) is 0 Å². The van der Waals surface area contributed by atoms with Gasteiger partial charge < -0.3 is 0 Å². The molecule has 0 bridgehead atoms. The van der Waals surface area contributed by atoms with Gasteiger partial charge in [0.2, 0.25) is 0 Å². The van der Waals surface area contributed by atoms with Crippen molar-refractivity contribution in [1.82, 2.24) is 0 Å². The molecule has 0 unspecified atom stereocenters. The highest BCUT2D eigenvalue weighted by Gasteiger charge is 2.02. The van der Waals surface area contributed by atoms with E-state index in [1.807, 2.05) is 0 Å². The van der Waals surface area contributed by atoms with Crippen LogP contribution in [0, 0.1) is 0 Å². The quantitative estimate of drug-likeness (QED) is 0.629. The molecule has 0 N–H and O–H groups in total. The Morgan fingerprint density at radius 1 is 1.36 bits per heavy atom. The van der Waals surface area contributed by atoms with E-state index in [1.165, 1.54) is 0 Å². The van der Waals surface area contributed by atoms with Gasteiger partial charge in [0.1, 0.15) is 11.5 Å². The van der Waals surface area contributed by atoms with Crippen LogP contribution in [0.2, 0.25) is 0 Å². The highest BCUT2D eigenvalue weighted by atomic mass is 35.5. The second-order valence-electron chi connectivity index (χ2n) is 2.18. The first kappa shape index (κ1) is 8.82. The predicted octanol–water partition coefficient (Wildman–Crippen LogP) is 3.63. The van der Waals surface area contributed by atoms with E-state index in [9.17, 15) is 4.39 Å². The Morgan fingerprint density at radius 3 is 2.64 bits per heavy atom. The van der Waals surface area contributed by atoms with Crippen LogP contribution in [0.4, 0.5) is 4.39 Å². The van der Waals surface area contributed by atoms with Crippen LogP contribution < -0.4 is 0 Å². The third-order valence-corrected chi connectivity index (χ3v) is 1.86. The molecule has 11 heavy (non-hydrogen) atoms. The first-order valence-corrected chi connectivity index (χ1v) is 4.04. The van der Waals surface area contributed by atoms with E-state index in [0.717, 1.165) is 5.56 Å². The van der Waals surface area contributed by atoms with Gasteiger partial charge in [0.25, 0.3) is 0 Å². The molecule has 0 aromatic heterocycles. The molecule has 0 heterocycles. The van der Waals surface area contributed by atoms with Crippen molar-refractivity contribution in [2.24, 2.45) is 0 Å². The van der Waals surface area contributed by atoms with E-state index in [0.29, 0.717) is 5.56 Å². The Balaban J connectivity index is 2.91. The summed E-state index contributed by atoms with van der Waals surface area (Å²) in [4.78, 5) is -0.568. The maximum atomic E-state index is 12.1. The number of benzene rings is 1. The summed E-state index contributed by atoms with van der Waals surface area (Å²) in [6.45, 7) is -0.478. The molecule has 0 saturated heterocycles. The summed E-state index contributed by atoms with van der Waals surface area (Å²) >= 11 is 11.2. The Morgan fingerprint density at radius 2 is 2.09 bits per heavy atom. The van der Waals surface area contributed by atoms with Crippen molar-refractivity contribution in [2.75, 3.05) is 0 Å². The Labute approximate surface area is 74.9 Å². The minimum atomic E-state index is -0.568. The van der Waals surface area contributed by atoms with Gasteiger partial charge in [-0.3, -0.25) is 0 Å². The van der Waals surface area contributed by atoms with E-state index in [4.69, 9.17) is 23.2 Å². The number of rotatable bonds is 2. The molecule has 0 amide bonds. The third kappa shape index (κ3) is 2.35. The molecular weight excluding hydrogens is 186 g/mol. The van der Waals surface area contributed by atoms with Crippen LogP contribution in [-0.2, 0) is 6.67 Å². The van der Waals surface area contributed by atoms with Crippen molar-refractivity contribution in [1.29, 1.82) is 0 Å². The molecule has 0 nitrogen and oxygen atoms in total. The molecule has 0 radical (unpaired) electrons. The van der Waals surface area contributed by atoms with Crippen LogP contribution in [0.15, 0.2) is 24.3 Å². The summed E-state index contributed by atoms with van der Waals surface area (Å²) in [7, 11) is 0. The zero-order valence-corrected chi connectivity index (χ0v) is 7.24. The summed E-state index contributed by atoms with van der Waals surface area (Å²) in [5.41, 5.74) is 1.34. The van der Waals surface area contributed by atoms with Crippen LogP contribution in [0.5, 0.6) is 0 Å². The predicted molar refractivity (Wildman–Crippen MR) is 45.7 cm³/mol. The molecule has 0 aliphatic rings. The second-order valence-corrected chi connectivity index (χ2v) is 3.28. The summed E-state index contributed by atoms with van der Waals surface area (Å²) in [6, 6.07) is 6.86. The Hall–Kier alpha value is -0.270. The lowest BCUT2D eigenvalue weighted by molar-refractivity contribution is 0.485. The molecule has 1 rings (SSSR count). The topological polar surface area (TPSA) is 0 Å². The van der Waals surface area contributed by atoms with Crippen molar-refractivity contribution in [3.63, 3.8) is 0 Å². The summed E-state index contributed by atoms with van der Waals surface area (Å²) in [6.07, 6.45) is 0. The molecular formula is C8H7Cl2F. The van der Waals surface area contributed by atoms with E-state index in [2.05, 4.69) is 0 Å². The molecule has 1 aromatic carbocycles. The number of hydrogen-bond donors (Lipinski definition) is 0. The van der Waals surface area contributed by atoms with Crippen molar-refractivity contribution in [3.05, 3.63) is 35.4 Å². The van der Waals surface area contributed by atoms with Gasteiger partial charge in [0.15, 0.2) is 0 Å². The summed E-state index contributed by atoms with van der Waals surface area (Å²) < 4.78 is 12.1. The highest BCUT2D eigenvalue weighted by molar-refractivity contribution is 6.44. The minimum Gasteiger partial charge on any atom is -0.246 e. The fourth-order valence-electron chi connectivity index (χ4n) is 0.812. The molecule has 3 heteroatoms. The van der Waals surface area contributed by atoms with Crippen molar-refractivity contribution in [3.8, 4) is 0 Å². The third-order valence-electron chi connectivity index (χ3n) is 1.36. The van der Waals surface area contributed by atoms with Gasteiger partial charge in [-0.05, 0) is 11.1 Å². The van der Waals surface area contributed by atoms with Crippen LogP contribution in [0.25, 0.3) is 0 Å². The Bertz CT molecular complexity index is 235. The molecule has 0 spiro atoms. The van der Waals surface area contributed by atoms with Gasteiger partial charge in [-0.15, -0.1) is 23.2 Å². The SMILES string of the molecule is FCc1cccc(C(Cl)Cl)c1. The lowest BCUT2D eigenvalue weighted by Gasteiger charge is -2.01. The lowest BCUT2D eigenvalue weighted by Crippen LogP contribution is -1.84. The zero-order chi connectivity index (χ0) is 8.27. The van der Waals surface area contributed by atoms with Gasteiger partial charge >= 0.3 is 0 Å². The van der Waals surface area contributed by atoms with Gasteiger partial charge in [0, 0.05) is 0 Å². The monoisotopic (exact) mass is 192 g/mol. The number of halogens is 3. The Kier molecular flexibility index (Phi) is 3.16. The largest absolute Gasteiger partial charge is 0.246 e. The van der Waals surface area contributed by atoms with Gasteiger partial charge in [0.05, 0.1) is 0 Å². The standard InChI is InChI=1S/C8H7Cl2F/c9-8(10)7-3-1-2-6(4-7)5-11/h1-4,8H,5H2. The van der Waals surface area contributed by atoms with E-state index in [1.54, 1.807) is 24.3 Å². The van der Waals surface area contributed by atoms with Gasteiger partial charge in [-0.1, -0.05) is 24.3 Å². The van der Waals surface area contributed by atoms with Crippen LogP contribution in [0.1, 0.15) is 16.0 Å². The second kappa shape index (κ2) is 3.93. The van der Waals surface area contributed by atoms with Crippen LogP contribution in [0.3, 0.4) is 0 Å². The first-order chi connectivity index (χ1) is 5.24. The molecule has 0 fully saturated rings. The van der Waals surface area contributed by atoms with E-state index < -0.39 is 11.5 Å². The molecule has 0 aliphatic heterocycles. The van der Waals surface area contributed by atoms with Gasteiger partial charge in [-0.25, -0.2) is 4.39 Å². The first-order valence-electron chi connectivity index (χ1n) is 3.17. The zero-order valence-electron chi connectivity index (χ0n) is 5.73. The van der Waals surface area contributed by atoms with Crippen molar-refractivity contribution >= 4 is 23.2 Å². The molecule has 0 aliphatic carbocycles. The average molecular weight is 193 g/mol. The van der Waals surface area contributed by atoms with Crippen molar-refractivity contribution < 1.29 is 4.39 Å². The maximum absolute atomic E-state index is 12.1. The van der Waals surface area contributed by atoms with E-state index >= 15 is 0 Å². The van der Waals surface area contributed by atoms with Crippen LogP contribution >= 0.6 is 23.2 Å². The summed E-state index contributed by atoms with van der Waals surface area (Å²) in [5, 5.41) is 0. The molecule has 0 atom stereocenters. The minimum absolute atomic E-state index is 0.478. The van der Waals surface area contributed by atoms with E-state index in [-0.39, 0.29) is 0 Å². The molecule has 0 saturated carbocycles. The fourth-order valence-corrected chi connectivity index (χ4v) is 1.08. The average Bonchev–Trinajstić information content (AvgIpc) is 2.05. The van der Waals surface area contributed by atoms with Crippen molar-refractivity contribution in [2.45, 2.75) is 11.5 Å². The number of alkyl halides is 3. The number of hydrogen-bond acceptors (Lipinski definition) is 0. The molecule has 60 valence electrons. The van der Waals surface area contributed by atoms with Gasteiger partial charge in [-0.2, -0.15) is 0 Å². The molecule has 1 aromatic rings. The lowest BCUT2D eigenvalue weighted by atomic mass is 10.1. The highest BCUT2D eigenvalue weighted by Crippen LogP contribution is 2.25.